The number of hydrogen-bond acceptors (Lipinski definition) is 0. The molecule has 0 unspecified atom stereocenters. The summed E-state index contributed by atoms with van der Waals surface area (Å²) in [5.74, 6) is 0. The molecule has 0 aromatic heterocycles. The largest absolute Gasteiger partial charge is 0.0885 e. The van der Waals surface area contributed by atoms with E-state index >= 15 is 0 Å². The van der Waals surface area contributed by atoms with E-state index in [2.05, 4.69) is 48.6 Å². The molecular formula is C13H18. The van der Waals surface area contributed by atoms with E-state index in [-0.39, 0.29) is 0 Å². The molecule has 0 radical (unpaired) electrons. The fourth-order valence-electron chi connectivity index (χ4n) is 1.26. The van der Waals surface area contributed by atoms with Crippen LogP contribution in [-0.2, 0) is 0 Å². The van der Waals surface area contributed by atoms with Crippen LogP contribution < -0.4 is 0 Å². The Bertz CT molecular complexity index is 216. The average Bonchev–Trinajstić information content (AvgIpc) is 2.18. The zero-order chi connectivity index (χ0) is 9.19. The van der Waals surface area contributed by atoms with Gasteiger partial charge in [-0.1, -0.05) is 48.6 Å². The van der Waals surface area contributed by atoms with Gasteiger partial charge in [-0.05, 0) is 32.1 Å². The van der Waals surface area contributed by atoms with Gasteiger partial charge in [-0.3, -0.25) is 0 Å². The molecule has 0 saturated heterocycles. The van der Waals surface area contributed by atoms with Crippen LogP contribution in [0.25, 0.3) is 0 Å². The van der Waals surface area contributed by atoms with Crippen LogP contribution in [0.15, 0.2) is 48.6 Å². The second-order valence-corrected chi connectivity index (χ2v) is 3.22. The van der Waals surface area contributed by atoms with Crippen LogP contribution in [0.5, 0.6) is 0 Å². The van der Waals surface area contributed by atoms with Crippen molar-refractivity contribution in [2.24, 2.45) is 0 Å². The molecule has 0 aromatic rings. The van der Waals surface area contributed by atoms with Crippen molar-refractivity contribution in [3.63, 3.8) is 0 Å². The SMILES string of the molecule is C1=C/C=C\CC/C=C\CCCC=C1. The average molecular weight is 174 g/mol. The van der Waals surface area contributed by atoms with Crippen molar-refractivity contribution in [1.82, 2.24) is 0 Å². The number of allylic oxidation sites excluding steroid dienone is 8. The maximum atomic E-state index is 2.30. The zero-order valence-corrected chi connectivity index (χ0v) is 8.15. The monoisotopic (exact) mass is 174 g/mol. The van der Waals surface area contributed by atoms with Crippen LogP contribution in [0.1, 0.15) is 32.1 Å². The van der Waals surface area contributed by atoms with Crippen molar-refractivity contribution in [3.05, 3.63) is 48.6 Å². The highest BCUT2D eigenvalue weighted by Crippen LogP contribution is 2.01. The Kier molecular flexibility index (Phi) is 5.87. The van der Waals surface area contributed by atoms with Crippen molar-refractivity contribution in [2.45, 2.75) is 32.1 Å². The summed E-state index contributed by atoms with van der Waals surface area (Å²) in [4.78, 5) is 0. The van der Waals surface area contributed by atoms with E-state index in [0.29, 0.717) is 0 Å². The first-order valence-corrected chi connectivity index (χ1v) is 5.13. The van der Waals surface area contributed by atoms with Crippen LogP contribution in [0, 0.1) is 0 Å². The van der Waals surface area contributed by atoms with Gasteiger partial charge in [0.1, 0.15) is 0 Å². The van der Waals surface area contributed by atoms with Gasteiger partial charge in [-0.25, -0.2) is 0 Å². The molecule has 0 saturated carbocycles. The highest BCUT2D eigenvalue weighted by Gasteiger charge is 1.81. The summed E-state index contributed by atoms with van der Waals surface area (Å²) in [6.07, 6.45) is 23.5. The molecule has 0 atom stereocenters. The van der Waals surface area contributed by atoms with Gasteiger partial charge in [0, 0.05) is 0 Å². The van der Waals surface area contributed by atoms with E-state index < -0.39 is 0 Å². The van der Waals surface area contributed by atoms with Gasteiger partial charge in [0.25, 0.3) is 0 Å². The molecule has 0 nitrogen and oxygen atoms in total. The second-order valence-electron chi connectivity index (χ2n) is 3.22. The third-order valence-corrected chi connectivity index (χ3v) is 2.01. The van der Waals surface area contributed by atoms with Gasteiger partial charge in [-0.2, -0.15) is 0 Å². The molecule has 0 heteroatoms. The molecule has 1 rings (SSSR count). The molecule has 0 aromatic carbocycles. The van der Waals surface area contributed by atoms with Crippen LogP contribution in [0.2, 0.25) is 0 Å². The van der Waals surface area contributed by atoms with Crippen molar-refractivity contribution < 1.29 is 0 Å². The predicted octanol–water partition coefficient (Wildman–Crippen LogP) is 4.18. The molecule has 0 N–H and O–H groups in total. The molecule has 0 amide bonds. The summed E-state index contributed by atoms with van der Waals surface area (Å²) in [5, 5.41) is 0. The van der Waals surface area contributed by atoms with Gasteiger partial charge < -0.3 is 0 Å². The number of rotatable bonds is 0. The first kappa shape index (κ1) is 10.0. The molecule has 0 fully saturated rings. The molecule has 0 spiro atoms. The van der Waals surface area contributed by atoms with Gasteiger partial charge in [0.05, 0.1) is 0 Å². The Hall–Kier alpha value is -1.04. The molecule has 1 aliphatic rings. The Morgan fingerprint density at radius 3 is 1.85 bits per heavy atom. The zero-order valence-electron chi connectivity index (χ0n) is 8.15. The van der Waals surface area contributed by atoms with Crippen LogP contribution >= 0.6 is 0 Å². The maximum Gasteiger partial charge on any atom is -0.0313 e. The first-order valence-electron chi connectivity index (χ1n) is 5.13. The Morgan fingerprint density at radius 2 is 1.00 bits per heavy atom. The summed E-state index contributed by atoms with van der Waals surface area (Å²) in [5.41, 5.74) is 0. The number of hydrogen-bond donors (Lipinski definition) is 0. The topological polar surface area (TPSA) is 0 Å². The van der Waals surface area contributed by atoms with Crippen LogP contribution in [0.4, 0.5) is 0 Å². The summed E-state index contributed by atoms with van der Waals surface area (Å²) in [7, 11) is 0. The van der Waals surface area contributed by atoms with Crippen LogP contribution in [0.3, 0.4) is 0 Å². The lowest BCUT2D eigenvalue weighted by atomic mass is 10.2. The van der Waals surface area contributed by atoms with Gasteiger partial charge in [0.15, 0.2) is 0 Å². The van der Waals surface area contributed by atoms with Crippen molar-refractivity contribution in [3.8, 4) is 0 Å². The summed E-state index contributed by atoms with van der Waals surface area (Å²) >= 11 is 0. The highest BCUT2D eigenvalue weighted by atomic mass is 13.9. The third-order valence-electron chi connectivity index (χ3n) is 2.01. The standard InChI is InChI=1S/C13H18/c1-2-4-6-8-10-12-13-11-9-7-5-3-1/h1-6,11,13H,7-10,12H2/b2-1?,5-3-,6-4?,13-11-. The Labute approximate surface area is 81.4 Å². The minimum atomic E-state index is 1.16. The van der Waals surface area contributed by atoms with Gasteiger partial charge in [-0.15, -0.1) is 0 Å². The third kappa shape index (κ3) is 6.15. The molecular weight excluding hydrogens is 156 g/mol. The molecule has 0 heterocycles. The van der Waals surface area contributed by atoms with E-state index in [1.807, 2.05) is 0 Å². The lowest BCUT2D eigenvalue weighted by Gasteiger charge is -1.89. The van der Waals surface area contributed by atoms with Crippen LogP contribution in [-0.4, -0.2) is 0 Å². The van der Waals surface area contributed by atoms with E-state index in [1.54, 1.807) is 0 Å². The molecule has 0 aliphatic heterocycles. The molecule has 70 valence electrons. The first-order chi connectivity index (χ1) is 6.50. The second kappa shape index (κ2) is 7.60. The fraction of sp³-hybridized carbons (Fsp3) is 0.385. The summed E-state index contributed by atoms with van der Waals surface area (Å²) in [6, 6.07) is 0. The summed E-state index contributed by atoms with van der Waals surface area (Å²) in [6.45, 7) is 0. The predicted molar refractivity (Wildman–Crippen MR) is 59.6 cm³/mol. The normalized spacial score (nSPS) is 24.0. The van der Waals surface area contributed by atoms with Crippen molar-refractivity contribution >= 4 is 0 Å². The summed E-state index contributed by atoms with van der Waals surface area (Å²) < 4.78 is 0. The lowest BCUT2D eigenvalue weighted by Crippen LogP contribution is -1.69. The fourth-order valence-corrected chi connectivity index (χ4v) is 1.26. The van der Waals surface area contributed by atoms with Crippen molar-refractivity contribution in [2.75, 3.05) is 0 Å². The molecule has 0 bridgehead atoms. The molecule has 13 heavy (non-hydrogen) atoms. The van der Waals surface area contributed by atoms with E-state index in [1.165, 1.54) is 25.7 Å². The smallest absolute Gasteiger partial charge is 0.0313 e. The van der Waals surface area contributed by atoms with Crippen molar-refractivity contribution in [1.29, 1.82) is 0 Å². The maximum absolute atomic E-state index is 2.30. The minimum absolute atomic E-state index is 1.16. The van der Waals surface area contributed by atoms with E-state index in [9.17, 15) is 0 Å². The lowest BCUT2D eigenvalue weighted by molar-refractivity contribution is 0.863. The quantitative estimate of drug-likeness (QED) is 0.483. The Balaban J connectivity index is 2.38. The van der Waals surface area contributed by atoms with E-state index in [0.717, 1.165) is 6.42 Å². The van der Waals surface area contributed by atoms with Gasteiger partial charge >= 0.3 is 0 Å². The van der Waals surface area contributed by atoms with Gasteiger partial charge in [0.2, 0.25) is 0 Å². The molecule has 1 aliphatic carbocycles. The van der Waals surface area contributed by atoms with E-state index in [4.69, 9.17) is 0 Å². The highest BCUT2D eigenvalue weighted by molar-refractivity contribution is 5.11. The Morgan fingerprint density at radius 1 is 0.462 bits per heavy atom. The minimum Gasteiger partial charge on any atom is -0.0885 e.